The molecule has 0 radical (unpaired) electrons. The molecule has 0 spiro atoms. The zero-order chi connectivity index (χ0) is 9.19. The van der Waals surface area contributed by atoms with Crippen LogP contribution in [0.3, 0.4) is 0 Å². The molecule has 1 saturated carbocycles. The largest absolute Gasteiger partial charge is 0.322 e. The normalized spacial score (nSPS) is 22.7. The molecule has 0 aliphatic heterocycles. The molecule has 1 nitrogen and oxygen atoms in total. The lowest BCUT2D eigenvalue weighted by Crippen LogP contribution is -2.44. The second-order valence-corrected chi connectivity index (χ2v) is 4.40. The summed E-state index contributed by atoms with van der Waals surface area (Å²) in [7, 11) is 0. The number of nitrogens with two attached hydrogens (primary N) is 1. The number of rotatable bonds is 2. The Hall–Kier alpha value is -0.300. The van der Waals surface area contributed by atoms with E-state index in [-0.39, 0.29) is 5.54 Å². The fraction of sp³-hybridized carbons (Fsp3) is 0.818. The summed E-state index contributed by atoms with van der Waals surface area (Å²) < 4.78 is 0. The molecule has 0 amide bonds. The molecule has 0 aromatic heterocycles. The Balaban J connectivity index is 2.62. The van der Waals surface area contributed by atoms with Crippen LogP contribution in [0.4, 0.5) is 0 Å². The Morgan fingerprint density at radius 1 is 1.25 bits per heavy atom. The smallest absolute Gasteiger partial charge is 0.0368 e. The summed E-state index contributed by atoms with van der Waals surface area (Å²) in [5.41, 5.74) is 7.52. The minimum absolute atomic E-state index is 0.0353. The van der Waals surface area contributed by atoms with Gasteiger partial charge in [0.1, 0.15) is 0 Å². The number of hydrogen-bond donors (Lipinski definition) is 1. The Labute approximate surface area is 76.0 Å². The maximum atomic E-state index is 6.30. The van der Waals surface area contributed by atoms with Crippen molar-refractivity contribution in [2.24, 2.45) is 11.7 Å². The van der Waals surface area contributed by atoms with Crippen LogP contribution < -0.4 is 5.73 Å². The average Bonchev–Trinajstić information content (AvgIpc) is 2.04. The lowest BCUT2D eigenvalue weighted by molar-refractivity contribution is 0.323. The predicted octanol–water partition coefficient (Wildman–Crippen LogP) is 2.86. The van der Waals surface area contributed by atoms with Crippen LogP contribution in [0.5, 0.6) is 0 Å². The Morgan fingerprint density at radius 3 is 2.17 bits per heavy atom. The van der Waals surface area contributed by atoms with Crippen molar-refractivity contribution in [3.63, 3.8) is 0 Å². The van der Waals surface area contributed by atoms with Crippen molar-refractivity contribution in [3.8, 4) is 0 Å². The third-order valence-corrected chi connectivity index (χ3v) is 3.08. The van der Waals surface area contributed by atoms with E-state index in [4.69, 9.17) is 5.73 Å². The quantitative estimate of drug-likeness (QED) is 0.629. The molecule has 0 aromatic carbocycles. The van der Waals surface area contributed by atoms with E-state index in [0.717, 1.165) is 12.8 Å². The first kappa shape index (κ1) is 9.79. The van der Waals surface area contributed by atoms with E-state index < -0.39 is 0 Å². The van der Waals surface area contributed by atoms with Crippen LogP contribution in [-0.4, -0.2) is 5.54 Å². The van der Waals surface area contributed by atoms with Gasteiger partial charge in [-0.05, 0) is 18.8 Å². The highest BCUT2D eigenvalue weighted by Gasteiger charge is 2.31. The third kappa shape index (κ3) is 1.89. The van der Waals surface area contributed by atoms with Crippen molar-refractivity contribution < 1.29 is 0 Å². The van der Waals surface area contributed by atoms with Crippen LogP contribution in [0.1, 0.15) is 46.0 Å². The van der Waals surface area contributed by atoms with Crippen molar-refractivity contribution in [3.05, 3.63) is 12.2 Å². The van der Waals surface area contributed by atoms with Crippen LogP contribution >= 0.6 is 0 Å². The zero-order valence-corrected chi connectivity index (χ0v) is 8.40. The van der Waals surface area contributed by atoms with E-state index in [9.17, 15) is 0 Å². The highest BCUT2D eigenvalue weighted by Crippen LogP contribution is 2.34. The van der Waals surface area contributed by atoms with Gasteiger partial charge < -0.3 is 5.73 Å². The van der Waals surface area contributed by atoms with Gasteiger partial charge >= 0.3 is 0 Å². The highest BCUT2D eigenvalue weighted by molar-refractivity contribution is 5.18. The van der Waals surface area contributed by atoms with Crippen LogP contribution in [0.15, 0.2) is 12.2 Å². The first-order chi connectivity index (χ1) is 5.56. The summed E-state index contributed by atoms with van der Waals surface area (Å²) in [5.74, 6) is 0.535. The molecule has 0 heterocycles. The van der Waals surface area contributed by atoms with Crippen molar-refractivity contribution in [1.29, 1.82) is 0 Å². The molecule has 0 bridgehead atoms. The Morgan fingerprint density at radius 2 is 1.75 bits per heavy atom. The van der Waals surface area contributed by atoms with Gasteiger partial charge in [-0.2, -0.15) is 0 Å². The summed E-state index contributed by atoms with van der Waals surface area (Å²) in [6.07, 6.45) is 6.20. The van der Waals surface area contributed by atoms with Crippen LogP contribution in [0, 0.1) is 5.92 Å². The molecule has 0 aromatic rings. The Bertz CT molecular complexity index is 164. The van der Waals surface area contributed by atoms with E-state index in [1.165, 1.54) is 24.8 Å². The van der Waals surface area contributed by atoms with Gasteiger partial charge in [0.2, 0.25) is 0 Å². The average molecular weight is 167 g/mol. The summed E-state index contributed by atoms with van der Waals surface area (Å²) in [6, 6.07) is 0. The van der Waals surface area contributed by atoms with Crippen LogP contribution in [-0.2, 0) is 0 Å². The van der Waals surface area contributed by atoms with E-state index in [0.29, 0.717) is 5.92 Å². The number of hydrogen-bond acceptors (Lipinski definition) is 1. The minimum atomic E-state index is -0.0353. The van der Waals surface area contributed by atoms with Crippen molar-refractivity contribution >= 4 is 0 Å². The van der Waals surface area contributed by atoms with Crippen molar-refractivity contribution in [2.45, 2.75) is 51.5 Å². The fourth-order valence-corrected chi connectivity index (χ4v) is 2.08. The molecule has 0 saturated heterocycles. The topological polar surface area (TPSA) is 26.0 Å². The molecule has 1 heteroatoms. The second-order valence-electron chi connectivity index (χ2n) is 4.40. The van der Waals surface area contributed by atoms with Gasteiger partial charge in [0.15, 0.2) is 0 Å². The van der Waals surface area contributed by atoms with E-state index >= 15 is 0 Å². The first-order valence-electron chi connectivity index (χ1n) is 5.04. The van der Waals surface area contributed by atoms with Crippen LogP contribution in [0.25, 0.3) is 0 Å². The summed E-state index contributed by atoms with van der Waals surface area (Å²) in [5, 5.41) is 0. The second kappa shape index (κ2) is 3.61. The molecule has 0 atom stereocenters. The standard InChI is InChI=1S/C11H21N/c1-9(2)10(3)11(12)7-5-4-6-8-11/h9H,3-8,12H2,1-2H3. The molecule has 1 aliphatic rings. The summed E-state index contributed by atoms with van der Waals surface area (Å²) in [4.78, 5) is 0. The minimum Gasteiger partial charge on any atom is -0.322 e. The van der Waals surface area contributed by atoms with E-state index in [1.54, 1.807) is 0 Å². The van der Waals surface area contributed by atoms with Crippen LogP contribution in [0.2, 0.25) is 0 Å². The van der Waals surface area contributed by atoms with Gasteiger partial charge in [0.05, 0.1) is 0 Å². The molecule has 1 aliphatic carbocycles. The maximum Gasteiger partial charge on any atom is 0.0368 e. The summed E-state index contributed by atoms with van der Waals surface area (Å²) in [6.45, 7) is 8.50. The van der Waals surface area contributed by atoms with E-state index in [1.807, 2.05) is 0 Å². The van der Waals surface area contributed by atoms with Gasteiger partial charge in [0.25, 0.3) is 0 Å². The monoisotopic (exact) mass is 167 g/mol. The first-order valence-corrected chi connectivity index (χ1v) is 5.04. The maximum absolute atomic E-state index is 6.30. The molecule has 0 unspecified atom stereocenters. The van der Waals surface area contributed by atoms with E-state index in [2.05, 4.69) is 20.4 Å². The Kier molecular flexibility index (Phi) is 2.94. The molecular formula is C11H21N. The van der Waals surface area contributed by atoms with Gasteiger partial charge in [-0.3, -0.25) is 0 Å². The summed E-state index contributed by atoms with van der Waals surface area (Å²) >= 11 is 0. The predicted molar refractivity (Wildman–Crippen MR) is 54.0 cm³/mol. The molecule has 1 fully saturated rings. The lowest BCUT2D eigenvalue weighted by atomic mass is 9.74. The van der Waals surface area contributed by atoms with Gasteiger partial charge in [-0.25, -0.2) is 0 Å². The van der Waals surface area contributed by atoms with Gasteiger partial charge in [-0.1, -0.05) is 45.3 Å². The molecule has 2 N–H and O–H groups in total. The molecular weight excluding hydrogens is 146 g/mol. The molecule has 1 rings (SSSR count). The van der Waals surface area contributed by atoms with Gasteiger partial charge in [0, 0.05) is 5.54 Å². The zero-order valence-electron chi connectivity index (χ0n) is 8.40. The van der Waals surface area contributed by atoms with Gasteiger partial charge in [-0.15, -0.1) is 0 Å². The van der Waals surface area contributed by atoms with Crippen molar-refractivity contribution in [2.75, 3.05) is 0 Å². The third-order valence-electron chi connectivity index (χ3n) is 3.08. The molecule has 12 heavy (non-hydrogen) atoms. The molecule has 70 valence electrons. The highest BCUT2D eigenvalue weighted by atomic mass is 14.7. The van der Waals surface area contributed by atoms with Crippen molar-refractivity contribution in [1.82, 2.24) is 0 Å². The fourth-order valence-electron chi connectivity index (χ4n) is 2.08. The lowest BCUT2D eigenvalue weighted by Gasteiger charge is -2.37. The SMILES string of the molecule is C=C(C(C)C)C1(N)CCCCC1.